The number of nitrogens with zero attached hydrogens (tertiary/aromatic N) is 3. The van der Waals surface area contributed by atoms with Crippen molar-refractivity contribution in [2.45, 2.75) is 38.3 Å². The van der Waals surface area contributed by atoms with Gasteiger partial charge in [0.15, 0.2) is 5.00 Å². The first-order valence-electron chi connectivity index (χ1n) is 7.51. The summed E-state index contributed by atoms with van der Waals surface area (Å²) in [7, 11) is 0. The lowest BCUT2D eigenvalue weighted by molar-refractivity contribution is -0.383. The molecule has 2 aliphatic rings. The molecule has 2 saturated heterocycles. The topological polar surface area (TPSA) is 69.8 Å². The fraction of sp³-hybridized carbons (Fsp3) is 0.714. The van der Waals surface area contributed by atoms with E-state index < -0.39 is 6.10 Å². The van der Waals surface area contributed by atoms with Crippen molar-refractivity contribution in [1.82, 2.24) is 4.90 Å². The molecule has 0 radical (unpaired) electrons. The van der Waals surface area contributed by atoms with E-state index in [0.29, 0.717) is 15.9 Å². The van der Waals surface area contributed by atoms with Gasteiger partial charge in [-0.15, -0.1) is 11.3 Å². The van der Waals surface area contributed by atoms with E-state index in [9.17, 15) is 15.2 Å². The molecule has 0 aliphatic carbocycles. The molecular weight excluding hydrogens is 290 g/mol. The number of aliphatic hydroxyl groups is 1. The fourth-order valence-electron chi connectivity index (χ4n) is 3.34. The van der Waals surface area contributed by atoms with E-state index >= 15 is 0 Å². The van der Waals surface area contributed by atoms with Gasteiger partial charge in [-0.3, -0.25) is 15.0 Å². The highest BCUT2D eigenvalue weighted by atomic mass is 32.1. The van der Waals surface area contributed by atoms with Gasteiger partial charge in [0.05, 0.1) is 11.0 Å². The summed E-state index contributed by atoms with van der Waals surface area (Å²) >= 11 is 1.36. The predicted molar refractivity (Wildman–Crippen MR) is 83.0 cm³/mol. The molecule has 0 bridgehead atoms. The maximum Gasteiger partial charge on any atom is 0.304 e. The standard InChI is InChI=1S/C14H21N3O3S/c1-10(18)13-8-12(17(19)20)14(21-13)16-7-3-6-15-5-2-4-11(15)9-16/h8,10-11,18H,2-7,9H2,1H3. The minimum Gasteiger partial charge on any atom is -0.388 e. The third kappa shape index (κ3) is 2.90. The molecule has 1 N–H and O–H groups in total. The van der Waals surface area contributed by atoms with Crippen LogP contribution in [-0.2, 0) is 0 Å². The molecule has 6 nitrogen and oxygen atoms in total. The summed E-state index contributed by atoms with van der Waals surface area (Å²) in [5.41, 5.74) is 0.141. The van der Waals surface area contributed by atoms with Gasteiger partial charge in [0.25, 0.3) is 0 Å². The number of anilines is 1. The smallest absolute Gasteiger partial charge is 0.304 e. The minimum absolute atomic E-state index is 0.141. The first kappa shape index (κ1) is 14.7. The average Bonchev–Trinajstić information content (AvgIpc) is 3.01. The molecule has 7 heteroatoms. The Bertz CT molecular complexity index is 532. The van der Waals surface area contributed by atoms with Crippen molar-refractivity contribution in [1.29, 1.82) is 0 Å². The number of fused-ring (bicyclic) bond motifs is 1. The summed E-state index contributed by atoms with van der Waals surface area (Å²) in [5, 5.41) is 21.7. The van der Waals surface area contributed by atoms with Crippen LogP contribution in [0.2, 0.25) is 0 Å². The molecule has 0 saturated carbocycles. The molecule has 2 unspecified atom stereocenters. The Kier molecular flexibility index (Phi) is 4.14. The van der Waals surface area contributed by atoms with Gasteiger partial charge in [-0.1, -0.05) is 0 Å². The van der Waals surface area contributed by atoms with Crippen molar-refractivity contribution >= 4 is 22.0 Å². The van der Waals surface area contributed by atoms with Crippen molar-refractivity contribution < 1.29 is 10.0 Å². The van der Waals surface area contributed by atoms with Gasteiger partial charge in [-0.25, -0.2) is 0 Å². The van der Waals surface area contributed by atoms with Gasteiger partial charge >= 0.3 is 5.69 Å². The van der Waals surface area contributed by atoms with E-state index in [1.54, 1.807) is 6.92 Å². The van der Waals surface area contributed by atoms with E-state index in [1.807, 2.05) is 0 Å². The highest BCUT2D eigenvalue weighted by molar-refractivity contribution is 7.16. The van der Waals surface area contributed by atoms with E-state index in [0.717, 1.165) is 32.6 Å². The van der Waals surface area contributed by atoms with Crippen LogP contribution in [0.5, 0.6) is 0 Å². The number of thiophene rings is 1. The zero-order valence-electron chi connectivity index (χ0n) is 12.2. The Morgan fingerprint density at radius 1 is 1.43 bits per heavy atom. The van der Waals surface area contributed by atoms with Crippen molar-refractivity contribution in [2.24, 2.45) is 0 Å². The van der Waals surface area contributed by atoms with Crippen molar-refractivity contribution in [3.05, 3.63) is 21.1 Å². The van der Waals surface area contributed by atoms with E-state index in [4.69, 9.17) is 0 Å². The van der Waals surface area contributed by atoms with Gasteiger partial charge < -0.3 is 10.0 Å². The highest BCUT2D eigenvalue weighted by Gasteiger charge is 2.32. The molecular formula is C14H21N3O3S. The summed E-state index contributed by atoms with van der Waals surface area (Å²) in [6, 6.07) is 2.05. The summed E-state index contributed by atoms with van der Waals surface area (Å²) in [5.74, 6) is 0. The van der Waals surface area contributed by atoms with Crippen LogP contribution in [0.15, 0.2) is 6.07 Å². The molecule has 0 spiro atoms. The zero-order valence-corrected chi connectivity index (χ0v) is 13.0. The zero-order chi connectivity index (χ0) is 15.0. The molecule has 21 heavy (non-hydrogen) atoms. The van der Waals surface area contributed by atoms with Crippen LogP contribution in [0.4, 0.5) is 10.7 Å². The van der Waals surface area contributed by atoms with Crippen LogP contribution in [0, 0.1) is 10.1 Å². The molecule has 0 aromatic carbocycles. The van der Waals surface area contributed by atoms with Crippen LogP contribution in [0.3, 0.4) is 0 Å². The lowest BCUT2D eigenvalue weighted by atomic mass is 10.2. The van der Waals surface area contributed by atoms with Gasteiger partial charge in [0.1, 0.15) is 0 Å². The van der Waals surface area contributed by atoms with E-state index in [2.05, 4.69) is 9.80 Å². The molecule has 116 valence electrons. The lowest BCUT2D eigenvalue weighted by Gasteiger charge is -2.25. The van der Waals surface area contributed by atoms with Crippen LogP contribution in [-0.4, -0.2) is 47.2 Å². The third-order valence-corrected chi connectivity index (χ3v) is 5.77. The van der Waals surface area contributed by atoms with Crippen molar-refractivity contribution in [3.8, 4) is 0 Å². The van der Waals surface area contributed by atoms with Gasteiger partial charge in [0.2, 0.25) is 0 Å². The van der Waals surface area contributed by atoms with Gasteiger partial charge in [0, 0.05) is 36.6 Å². The average molecular weight is 311 g/mol. The van der Waals surface area contributed by atoms with E-state index in [-0.39, 0.29) is 10.6 Å². The highest BCUT2D eigenvalue weighted by Crippen LogP contribution is 2.41. The minimum atomic E-state index is -0.655. The number of hydrogen-bond donors (Lipinski definition) is 1. The Morgan fingerprint density at radius 2 is 2.19 bits per heavy atom. The lowest BCUT2D eigenvalue weighted by Crippen LogP contribution is -2.36. The Morgan fingerprint density at radius 3 is 2.90 bits per heavy atom. The Balaban J connectivity index is 1.89. The molecule has 0 amide bonds. The second-order valence-electron chi connectivity index (χ2n) is 5.90. The maximum atomic E-state index is 11.3. The quantitative estimate of drug-likeness (QED) is 0.685. The number of nitro groups is 1. The number of aliphatic hydroxyl groups excluding tert-OH is 1. The summed E-state index contributed by atoms with van der Waals surface area (Å²) in [6.07, 6.45) is 2.79. The Hall–Kier alpha value is -1.18. The first-order chi connectivity index (χ1) is 10.1. The first-order valence-corrected chi connectivity index (χ1v) is 8.33. The van der Waals surface area contributed by atoms with Gasteiger partial charge in [-0.2, -0.15) is 0 Å². The molecule has 3 rings (SSSR count). The molecule has 3 heterocycles. The molecule has 2 atom stereocenters. The number of rotatable bonds is 3. The van der Waals surface area contributed by atoms with E-state index in [1.165, 1.54) is 30.2 Å². The summed E-state index contributed by atoms with van der Waals surface area (Å²) in [6.45, 7) is 5.61. The Labute approximate surface area is 128 Å². The van der Waals surface area contributed by atoms with Crippen LogP contribution in [0.25, 0.3) is 0 Å². The largest absolute Gasteiger partial charge is 0.388 e. The second-order valence-corrected chi connectivity index (χ2v) is 6.97. The second kappa shape index (κ2) is 5.90. The molecule has 1 aromatic rings. The van der Waals surface area contributed by atoms with Crippen LogP contribution in [0.1, 0.15) is 37.2 Å². The summed E-state index contributed by atoms with van der Waals surface area (Å²) < 4.78 is 0. The molecule has 1 aromatic heterocycles. The van der Waals surface area contributed by atoms with Crippen molar-refractivity contribution in [2.75, 3.05) is 31.1 Å². The summed E-state index contributed by atoms with van der Waals surface area (Å²) in [4.78, 5) is 16.3. The van der Waals surface area contributed by atoms with Crippen molar-refractivity contribution in [3.63, 3.8) is 0 Å². The maximum absolute atomic E-state index is 11.3. The van der Waals surface area contributed by atoms with Crippen LogP contribution < -0.4 is 4.90 Å². The normalized spacial score (nSPS) is 24.7. The van der Waals surface area contributed by atoms with Gasteiger partial charge in [-0.05, 0) is 32.7 Å². The SMILES string of the molecule is CC(O)c1cc([N+](=O)[O-])c(N2CCCN3CCCC3C2)s1. The third-order valence-electron chi connectivity index (χ3n) is 4.41. The predicted octanol–water partition coefficient (Wildman–Crippen LogP) is 2.38. The number of hydrogen-bond acceptors (Lipinski definition) is 6. The van der Waals surface area contributed by atoms with Crippen LogP contribution >= 0.6 is 11.3 Å². The fourth-order valence-corrected chi connectivity index (χ4v) is 4.44. The molecule has 2 aliphatic heterocycles. The molecule has 2 fully saturated rings. The monoisotopic (exact) mass is 311 g/mol.